The summed E-state index contributed by atoms with van der Waals surface area (Å²) in [5.74, 6) is 0. The molecule has 17 heavy (non-hydrogen) atoms. The lowest BCUT2D eigenvalue weighted by atomic mass is 9.86. The minimum absolute atomic E-state index is 0.160. The summed E-state index contributed by atoms with van der Waals surface area (Å²) < 4.78 is 1.64. The molecule has 0 aliphatic carbocycles. The molecule has 96 valence electrons. The maximum absolute atomic E-state index is 11.3. The van der Waals surface area contributed by atoms with Gasteiger partial charge in [0.2, 0.25) is 0 Å². The zero-order valence-corrected chi connectivity index (χ0v) is 11.7. The molecular weight excluding hydrogens is 218 g/mol. The second kappa shape index (κ2) is 3.82. The number of rotatable bonds is 1. The third-order valence-electron chi connectivity index (χ3n) is 2.63. The van der Waals surface area contributed by atoms with Crippen molar-refractivity contribution in [1.29, 1.82) is 0 Å². The fourth-order valence-electron chi connectivity index (χ4n) is 2.03. The molecule has 1 aromatic heterocycles. The van der Waals surface area contributed by atoms with Crippen molar-refractivity contribution in [3.8, 4) is 0 Å². The molecule has 1 rings (SSSR count). The van der Waals surface area contributed by atoms with E-state index >= 15 is 0 Å². The van der Waals surface area contributed by atoms with Crippen LogP contribution in [0.15, 0.2) is 0 Å². The van der Waals surface area contributed by atoms with Gasteiger partial charge < -0.3 is 0 Å². The van der Waals surface area contributed by atoms with Gasteiger partial charge in [0.1, 0.15) is 11.4 Å². The molecule has 0 aliphatic heterocycles. The van der Waals surface area contributed by atoms with Crippen molar-refractivity contribution in [2.45, 2.75) is 52.4 Å². The van der Waals surface area contributed by atoms with Crippen LogP contribution in [0.1, 0.15) is 52.9 Å². The Hall–Kier alpha value is -1.39. The van der Waals surface area contributed by atoms with Gasteiger partial charge in [-0.2, -0.15) is 5.10 Å². The first-order valence-electron chi connectivity index (χ1n) is 5.68. The van der Waals surface area contributed by atoms with E-state index in [-0.39, 0.29) is 21.4 Å². The average Bonchev–Trinajstić information content (AvgIpc) is 2.40. The van der Waals surface area contributed by atoms with Crippen molar-refractivity contribution < 1.29 is 4.92 Å². The van der Waals surface area contributed by atoms with Gasteiger partial charge in [0.05, 0.1) is 4.92 Å². The third-order valence-corrected chi connectivity index (χ3v) is 2.63. The van der Waals surface area contributed by atoms with Gasteiger partial charge in [-0.1, -0.05) is 41.5 Å². The van der Waals surface area contributed by atoms with E-state index < -0.39 is 0 Å². The number of hydrogen-bond acceptors (Lipinski definition) is 3. The first-order chi connectivity index (χ1) is 7.46. The normalized spacial score (nSPS) is 12.9. The SMILES string of the molecule is Cn1nc(C(C)(C)C)c([N+](=O)[O-])c1C(C)(C)C. The van der Waals surface area contributed by atoms with Crippen molar-refractivity contribution >= 4 is 5.69 Å². The fourth-order valence-corrected chi connectivity index (χ4v) is 2.03. The van der Waals surface area contributed by atoms with Gasteiger partial charge in [-0.05, 0) is 0 Å². The Labute approximate surface area is 102 Å². The molecule has 1 heterocycles. The van der Waals surface area contributed by atoms with Crippen LogP contribution in [0.3, 0.4) is 0 Å². The molecule has 0 aromatic carbocycles. The standard InChI is InChI=1S/C12H21N3O2/c1-11(2,3)9-8(15(16)17)10(12(4,5)6)14(7)13-9/h1-7H3. The number of nitrogens with zero attached hydrogens (tertiary/aromatic N) is 3. The molecule has 0 spiro atoms. The van der Waals surface area contributed by atoms with E-state index in [1.165, 1.54) is 0 Å². The largest absolute Gasteiger partial charge is 0.314 e. The van der Waals surface area contributed by atoms with Crippen LogP contribution in [-0.2, 0) is 17.9 Å². The van der Waals surface area contributed by atoms with Crippen LogP contribution < -0.4 is 0 Å². The molecule has 0 radical (unpaired) electrons. The highest BCUT2D eigenvalue weighted by Gasteiger charge is 2.38. The van der Waals surface area contributed by atoms with Gasteiger partial charge in [-0.15, -0.1) is 0 Å². The quantitative estimate of drug-likeness (QED) is 0.559. The van der Waals surface area contributed by atoms with Gasteiger partial charge in [0.25, 0.3) is 0 Å². The zero-order chi connectivity index (χ0) is 13.6. The maximum atomic E-state index is 11.3. The number of nitro groups is 1. The Balaban J connectivity index is 3.64. The second-order valence-electron chi connectivity index (χ2n) is 6.43. The zero-order valence-electron chi connectivity index (χ0n) is 11.7. The van der Waals surface area contributed by atoms with Crippen LogP contribution >= 0.6 is 0 Å². The summed E-state index contributed by atoms with van der Waals surface area (Å²) in [5.41, 5.74) is 0.756. The van der Waals surface area contributed by atoms with E-state index in [0.717, 1.165) is 0 Å². The molecule has 0 amide bonds. The van der Waals surface area contributed by atoms with Crippen molar-refractivity contribution in [2.75, 3.05) is 0 Å². The highest BCUT2D eigenvalue weighted by atomic mass is 16.6. The van der Waals surface area contributed by atoms with Crippen LogP contribution in [0.25, 0.3) is 0 Å². The Morgan fingerprint density at radius 1 is 1.12 bits per heavy atom. The van der Waals surface area contributed by atoms with Crippen LogP contribution in [0.2, 0.25) is 0 Å². The molecule has 5 nitrogen and oxygen atoms in total. The topological polar surface area (TPSA) is 61.0 Å². The molecule has 0 bridgehead atoms. The first-order valence-corrected chi connectivity index (χ1v) is 5.68. The van der Waals surface area contributed by atoms with Crippen molar-refractivity contribution in [3.05, 3.63) is 21.5 Å². The summed E-state index contributed by atoms with van der Waals surface area (Å²) in [6.07, 6.45) is 0. The number of hydrogen-bond donors (Lipinski definition) is 0. The predicted molar refractivity (Wildman–Crippen MR) is 67.3 cm³/mol. The lowest BCUT2D eigenvalue weighted by molar-refractivity contribution is -0.387. The van der Waals surface area contributed by atoms with Crippen LogP contribution in [0, 0.1) is 10.1 Å². The van der Waals surface area contributed by atoms with E-state index in [0.29, 0.717) is 11.4 Å². The summed E-state index contributed by atoms with van der Waals surface area (Å²) in [4.78, 5) is 11.0. The van der Waals surface area contributed by atoms with Crippen LogP contribution in [-0.4, -0.2) is 14.7 Å². The highest BCUT2D eigenvalue weighted by Crippen LogP contribution is 2.38. The van der Waals surface area contributed by atoms with Crippen molar-refractivity contribution in [3.63, 3.8) is 0 Å². The summed E-state index contributed by atoms with van der Waals surface area (Å²) >= 11 is 0. The van der Waals surface area contributed by atoms with Gasteiger partial charge in [-0.25, -0.2) is 0 Å². The second-order valence-corrected chi connectivity index (χ2v) is 6.43. The fraction of sp³-hybridized carbons (Fsp3) is 0.750. The summed E-state index contributed by atoms with van der Waals surface area (Å²) in [7, 11) is 1.77. The lowest BCUT2D eigenvalue weighted by Crippen LogP contribution is -2.18. The summed E-state index contributed by atoms with van der Waals surface area (Å²) in [6.45, 7) is 11.7. The maximum Gasteiger partial charge on any atom is 0.314 e. The summed E-state index contributed by atoms with van der Waals surface area (Å²) in [6, 6.07) is 0. The van der Waals surface area contributed by atoms with Gasteiger partial charge in [0.15, 0.2) is 0 Å². The molecule has 0 fully saturated rings. The van der Waals surface area contributed by atoms with Gasteiger partial charge >= 0.3 is 5.69 Å². The minimum Gasteiger partial charge on any atom is -0.265 e. The van der Waals surface area contributed by atoms with E-state index in [1.54, 1.807) is 11.7 Å². The average molecular weight is 239 g/mol. The third kappa shape index (κ3) is 2.48. The van der Waals surface area contributed by atoms with E-state index in [9.17, 15) is 10.1 Å². The number of aryl methyl sites for hydroxylation is 1. The van der Waals surface area contributed by atoms with Crippen molar-refractivity contribution in [2.24, 2.45) is 7.05 Å². The molecule has 0 aliphatic rings. The van der Waals surface area contributed by atoms with E-state index in [4.69, 9.17) is 0 Å². The summed E-state index contributed by atoms with van der Waals surface area (Å²) in [5, 5.41) is 15.6. The van der Waals surface area contributed by atoms with Crippen molar-refractivity contribution in [1.82, 2.24) is 9.78 Å². The molecule has 0 saturated heterocycles. The predicted octanol–water partition coefficient (Wildman–Crippen LogP) is 2.92. The van der Waals surface area contributed by atoms with Crippen LogP contribution in [0.4, 0.5) is 5.69 Å². The molecule has 0 atom stereocenters. The Kier molecular flexibility index (Phi) is 3.07. The highest BCUT2D eigenvalue weighted by molar-refractivity contribution is 5.47. The molecule has 0 saturated carbocycles. The molecule has 0 unspecified atom stereocenters. The van der Waals surface area contributed by atoms with Crippen LogP contribution in [0.5, 0.6) is 0 Å². The van der Waals surface area contributed by atoms with Gasteiger partial charge in [0, 0.05) is 17.9 Å². The Bertz CT molecular complexity index is 448. The van der Waals surface area contributed by atoms with E-state index in [2.05, 4.69) is 5.10 Å². The lowest BCUT2D eigenvalue weighted by Gasteiger charge is -2.18. The van der Waals surface area contributed by atoms with Gasteiger partial charge in [-0.3, -0.25) is 14.8 Å². The molecule has 0 N–H and O–H groups in total. The minimum atomic E-state index is -0.330. The Morgan fingerprint density at radius 3 is 1.88 bits per heavy atom. The molecule has 5 heteroatoms. The van der Waals surface area contributed by atoms with E-state index in [1.807, 2.05) is 41.5 Å². The smallest absolute Gasteiger partial charge is 0.265 e. The molecular formula is C12H21N3O2. The molecule has 1 aromatic rings. The Morgan fingerprint density at radius 2 is 1.59 bits per heavy atom. The monoisotopic (exact) mass is 239 g/mol. The first kappa shape index (κ1) is 13.7. The number of aromatic nitrogens is 2.